The Morgan fingerprint density at radius 3 is 2.55 bits per heavy atom. The first-order valence-electron chi connectivity index (χ1n) is 6.55. The lowest BCUT2D eigenvalue weighted by atomic mass is 10.1. The van der Waals surface area contributed by atoms with Gasteiger partial charge in [0.2, 0.25) is 0 Å². The van der Waals surface area contributed by atoms with E-state index in [-0.39, 0.29) is 5.56 Å². The SMILES string of the molecule is CC(=Cc1ccccc1F)C(=O)Nc1cccc(C(=O)O)c1. The molecule has 22 heavy (non-hydrogen) atoms. The molecule has 112 valence electrons. The number of hydrogen-bond acceptors (Lipinski definition) is 2. The summed E-state index contributed by atoms with van der Waals surface area (Å²) >= 11 is 0. The van der Waals surface area contributed by atoms with Gasteiger partial charge in [-0.15, -0.1) is 0 Å². The number of carbonyl (C=O) groups is 2. The zero-order valence-corrected chi connectivity index (χ0v) is 11.8. The Hall–Kier alpha value is -2.95. The van der Waals surface area contributed by atoms with Crippen LogP contribution in [0.3, 0.4) is 0 Å². The van der Waals surface area contributed by atoms with E-state index in [2.05, 4.69) is 5.32 Å². The maximum atomic E-state index is 13.5. The fourth-order valence-electron chi connectivity index (χ4n) is 1.85. The standard InChI is InChI=1S/C17H14FNO3/c1-11(9-12-5-2-3-8-15(12)18)16(20)19-14-7-4-6-13(10-14)17(21)22/h2-10H,1H3,(H,19,20)(H,21,22). The quantitative estimate of drug-likeness (QED) is 0.848. The van der Waals surface area contributed by atoms with Gasteiger partial charge in [0.15, 0.2) is 0 Å². The first-order chi connectivity index (χ1) is 10.5. The van der Waals surface area contributed by atoms with Gasteiger partial charge in [-0.1, -0.05) is 24.3 Å². The number of rotatable bonds is 4. The third-order valence-corrected chi connectivity index (χ3v) is 3.00. The van der Waals surface area contributed by atoms with Crippen LogP contribution < -0.4 is 5.32 Å². The summed E-state index contributed by atoms with van der Waals surface area (Å²) in [6, 6.07) is 12.0. The molecule has 4 nitrogen and oxygen atoms in total. The topological polar surface area (TPSA) is 66.4 Å². The maximum absolute atomic E-state index is 13.5. The molecular formula is C17H14FNO3. The van der Waals surface area contributed by atoms with E-state index in [1.165, 1.54) is 30.3 Å². The van der Waals surface area contributed by atoms with Gasteiger partial charge < -0.3 is 10.4 Å². The summed E-state index contributed by atoms with van der Waals surface area (Å²) in [4.78, 5) is 22.9. The molecule has 2 aromatic carbocycles. The lowest BCUT2D eigenvalue weighted by Crippen LogP contribution is -2.13. The molecule has 0 bridgehead atoms. The number of carboxylic acid groups (broad SMARTS) is 1. The lowest BCUT2D eigenvalue weighted by Gasteiger charge is -2.06. The second kappa shape index (κ2) is 6.67. The van der Waals surface area contributed by atoms with Crippen LogP contribution in [0.1, 0.15) is 22.8 Å². The van der Waals surface area contributed by atoms with Crippen molar-refractivity contribution in [3.8, 4) is 0 Å². The van der Waals surface area contributed by atoms with Crippen LogP contribution in [-0.2, 0) is 4.79 Å². The number of halogens is 1. The van der Waals surface area contributed by atoms with Crippen molar-refractivity contribution in [3.63, 3.8) is 0 Å². The number of hydrogen-bond donors (Lipinski definition) is 2. The Bertz CT molecular complexity index is 753. The van der Waals surface area contributed by atoms with Crippen LogP contribution in [0.25, 0.3) is 6.08 Å². The van der Waals surface area contributed by atoms with Gasteiger partial charge in [0.1, 0.15) is 5.82 Å². The van der Waals surface area contributed by atoms with Gasteiger partial charge in [-0.05, 0) is 37.3 Å². The normalized spacial score (nSPS) is 11.1. The van der Waals surface area contributed by atoms with E-state index in [9.17, 15) is 14.0 Å². The molecule has 0 fully saturated rings. The highest BCUT2D eigenvalue weighted by atomic mass is 19.1. The van der Waals surface area contributed by atoms with Crippen LogP contribution in [-0.4, -0.2) is 17.0 Å². The molecular weight excluding hydrogens is 285 g/mol. The molecule has 0 saturated heterocycles. The molecule has 0 aliphatic carbocycles. The Balaban J connectivity index is 2.17. The second-order valence-corrected chi connectivity index (χ2v) is 4.69. The van der Waals surface area contributed by atoms with Gasteiger partial charge in [0, 0.05) is 16.8 Å². The molecule has 0 aliphatic rings. The van der Waals surface area contributed by atoms with Gasteiger partial charge >= 0.3 is 5.97 Å². The smallest absolute Gasteiger partial charge is 0.335 e. The number of carboxylic acids is 1. The molecule has 0 radical (unpaired) electrons. The first kappa shape index (κ1) is 15.4. The van der Waals surface area contributed by atoms with E-state index in [0.717, 1.165) is 0 Å². The maximum Gasteiger partial charge on any atom is 0.335 e. The minimum atomic E-state index is -1.07. The van der Waals surface area contributed by atoms with Crippen LogP contribution >= 0.6 is 0 Å². The van der Waals surface area contributed by atoms with Crippen molar-refractivity contribution in [2.24, 2.45) is 0 Å². The van der Waals surface area contributed by atoms with Gasteiger partial charge in [0.05, 0.1) is 5.56 Å². The van der Waals surface area contributed by atoms with Gasteiger partial charge in [-0.25, -0.2) is 9.18 Å². The minimum Gasteiger partial charge on any atom is -0.478 e. The molecule has 0 spiro atoms. The average molecular weight is 299 g/mol. The molecule has 0 aromatic heterocycles. The van der Waals surface area contributed by atoms with Crippen molar-refractivity contribution in [1.82, 2.24) is 0 Å². The lowest BCUT2D eigenvalue weighted by molar-refractivity contribution is -0.112. The van der Waals surface area contributed by atoms with Gasteiger partial charge in [0.25, 0.3) is 5.91 Å². The summed E-state index contributed by atoms with van der Waals surface area (Å²) in [5.41, 5.74) is 1.07. The highest BCUT2D eigenvalue weighted by Gasteiger charge is 2.08. The molecule has 0 unspecified atom stereocenters. The first-order valence-corrected chi connectivity index (χ1v) is 6.55. The zero-order valence-electron chi connectivity index (χ0n) is 11.8. The Morgan fingerprint density at radius 2 is 1.86 bits per heavy atom. The number of amides is 1. The monoisotopic (exact) mass is 299 g/mol. The number of carbonyl (C=O) groups excluding carboxylic acids is 1. The summed E-state index contributed by atoms with van der Waals surface area (Å²) in [7, 11) is 0. The predicted octanol–water partition coefficient (Wildman–Crippen LogP) is 3.57. The van der Waals surface area contributed by atoms with E-state index in [1.54, 1.807) is 31.2 Å². The van der Waals surface area contributed by atoms with Crippen molar-refractivity contribution in [1.29, 1.82) is 0 Å². The highest BCUT2D eigenvalue weighted by Crippen LogP contribution is 2.15. The summed E-state index contributed by atoms with van der Waals surface area (Å²) in [5.74, 6) is -1.91. The van der Waals surface area contributed by atoms with Gasteiger partial charge in [-0.2, -0.15) is 0 Å². The fourth-order valence-corrected chi connectivity index (χ4v) is 1.85. The van der Waals surface area contributed by atoms with E-state index in [4.69, 9.17) is 5.11 Å². The van der Waals surface area contributed by atoms with Crippen LogP contribution in [0.4, 0.5) is 10.1 Å². The van der Waals surface area contributed by atoms with Crippen molar-refractivity contribution in [3.05, 3.63) is 71.0 Å². The number of anilines is 1. The summed E-state index contributed by atoms with van der Waals surface area (Å²) in [6.07, 6.45) is 1.44. The molecule has 1 amide bonds. The summed E-state index contributed by atoms with van der Waals surface area (Å²) in [6.45, 7) is 1.56. The van der Waals surface area contributed by atoms with Crippen molar-refractivity contribution in [2.75, 3.05) is 5.32 Å². The van der Waals surface area contributed by atoms with Crippen molar-refractivity contribution in [2.45, 2.75) is 6.92 Å². The molecule has 0 heterocycles. The third kappa shape index (κ3) is 3.79. The third-order valence-electron chi connectivity index (χ3n) is 3.00. The summed E-state index contributed by atoms with van der Waals surface area (Å²) < 4.78 is 13.5. The highest BCUT2D eigenvalue weighted by molar-refractivity contribution is 6.06. The Kier molecular flexibility index (Phi) is 4.68. The molecule has 5 heteroatoms. The van der Waals surface area contributed by atoms with Crippen LogP contribution in [0, 0.1) is 5.82 Å². The Morgan fingerprint density at radius 1 is 1.14 bits per heavy atom. The number of nitrogens with one attached hydrogen (secondary N) is 1. The average Bonchev–Trinajstić information content (AvgIpc) is 2.49. The van der Waals surface area contributed by atoms with Crippen LogP contribution in [0.5, 0.6) is 0 Å². The molecule has 2 aromatic rings. The van der Waals surface area contributed by atoms with E-state index < -0.39 is 17.7 Å². The second-order valence-electron chi connectivity index (χ2n) is 4.69. The van der Waals surface area contributed by atoms with E-state index in [1.807, 2.05) is 0 Å². The predicted molar refractivity (Wildman–Crippen MR) is 82.1 cm³/mol. The minimum absolute atomic E-state index is 0.0773. The van der Waals surface area contributed by atoms with Crippen LogP contribution in [0.2, 0.25) is 0 Å². The largest absolute Gasteiger partial charge is 0.478 e. The Labute approximate surface area is 126 Å². The molecule has 0 atom stereocenters. The number of aromatic carboxylic acids is 1. The summed E-state index contributed by atoms with van der Waals surface area (Å²) in [5, 5.41) is 11.5. The van der Waals surface area contributed by atoms with Crippen LogP contribution in [0.15, 0.2) is 54.1 Å². The van der Waals surface area contributed by atoms with Gasteiger partial charge in [-0.3, -0.25) is 4.79 Å². The zero-order chi connectivity index (χ0) is 16.1. The number of benzene rings is 2. The van der Waals surface area contributed by atoms with E-state index >= 15 is 0 Å². The fraction of sp³-hybridized carbons (Fsp3) is 0.0588. The molecule has 2 rings (SSSR count). The van der Waals surface area contributed by atoms with Crippen molar-refractivity contribution < 1.29 is 19.1 Å². The van der Waals surface area contributed by atoms with E-state index in [0.29, 0.717) is 16.8 Å². The molecule has 0 aliphatic heterocycles. The molecule has 2 N–H and O–H groups in total. The van der Waals surface area contributed by atoms with Crippen molar-refractivity contribution >= 4 is 23.6 Å². The molecule has 0 saturated carbocycles.